The molecule has 5 heteroatoms. The van der Waals surface area contributed by atoms with Crippen LogP contribution in [0.5, 0.6) is 0 Å². The minimum Gasteiger partial charge on any atom is -0.373 e. The molecule has 2 atom stereocenters. The summed E-state index contributed by atoms with van der Waals surface area (Å²) in [4.78, 5) is 14.0. The van der Waals surface area contributed by atoms with Gasteiger partial charge in [0, 0.05) is 19.6 Å². The van der Waals surface area contributed by atoms with Crippen LogP contribution in [0.1, 0.15) is 25.0 Å². The highest BCUT2D eigenvalue weighted by Crippen LogP contribution is 2.11. The third-order valence-corrected chi connectivity index (χ3v) is 3.59. The van der Waals surface area contributed by atoms with E-state index in [1.54, 1.807) is 13.0 Å². The van der Waals surface area contributed by atoms with E-state index in [9.17, 15) is 9.18 Å². The quantitative estimate of drug-likeness (QED) is 0.921. The molecule has 116 valence electrons. The summed E-state index contributed by atoms with van der Waals surface area (Å²) in [5.74, 6) is -0.283. The van der Waals surface area contributed by atoms with E-state index in [0.29, 0.717) is 18.7 Å². The highest BCUT2D eigenvalue weighted by molar-refractivity contribution is 5.78. The zero-order chi connectivity index (χ0) is 15.4. The van der Waals surface area contributed by atoms with Gasteiger partial charge in [0.15, 0.2) is 0 Å². The van der Waals surface area contributed by atoms with Crippen LogP contribution in [0.4, 0.5) is 4.39 Å². The number of ether oxygens (including phenoxy) is 1. The number of nitrogens with one attached hydrogen (secondary N) is 1. The van der Waals surface area contributed by atoms with Gasteiger partial charge in [-0.15, -0.1) is 0 Å². The van der Waals surface area contributed by atoms with Crippen molar-refractivity contribution in [1.82, 2.24) is 10.2 Å². The number of halogens is 1. The summed E-state index contributed by atoms with van der Waals surface area (Å²) >= 11 is 0. The highest BCUT2D eigenvalue weighted by atomic mass is 19.1. The summed E-state index contributed by atoms with van der Waals surface area (Å²) in [5.41, 5.74) is 1.39. The molecule has 21 heavy (non-hydrogen) atoms. The maximum Gasteiger partial charge on any atom is 0.234 e. The fraction of sp³-hybridized carbons (Fsp3) is 0.562. The molecule has 1 aliphatic rings. The molecular weight excluding hydrogens is 271 g/mol. The summed E-state index contributed by atoms with van der Waals surface area (Å²) in [5, 5.41) is 2.83. The predicted molar refractivity (Wildman–Crippen MR) is 79.4 cm³/mol. The predicted octanol–water partition coefficient (Wildman–Crippen LogP) is 1.86. The molecule has 1 fully saturated rings. The maximum absolute atomic E-state index is 13.4. The molecule has 1 aromatic carbocycles. The Kier molecular flexibility index (Phi) is 5.31. The topological polar surface area (TPSA) is 41.6 Å². The third kappa shape index (κ3) is 4.79. The van der Waals surface area contributed by atoms with Crippen LogP contribution in [0.25, 0.3) is 0 Å². The maximum atomic E-state index is 13.4. The second-order valence-corrected chi connectivity index (χ2v) is 5.81. The molecule has 0 bridgehead atoms. The lowest BCUT2D eigenvalue weighted by Gasteiger charge is -2.34. The summed E-state index contributed by atoms with van der Waals surface area (Å²) in [7, 11) is 0. The molecule has 2 unspecified atom stereocenters. The first-order valence-electron chi connectivity index (χ1n) is 7.33. The number of benzene rings is 1. The van der Waals surface area contributed by atoms with Gasteiger partial charge in [-0.2, -0.15) is 0 Å². The Bertz CT molecular complexity index is 497. The Balaban J connectivity index is 1.80. The molecule has 1 aliphatic heterocycles. The number of carbonyl (C=O) groups excluding carboxylic acids is 1. The van der Waals surface area contributed by atoms with E-state index in [0.717, 1.165) is 18.7 Å². The molecule has 0 saturated carbocycles. The Morgan fingerprint density at radius 1 is 1.38 bits per heavy atom. The van der Waals surface area contributed by atoms with E-state index < -0.39 is 0 Å². The number of rotatable bonds is 4. The molecule has 0 spiro atoms. The lowest BCUT2D eigenvalue weighted by atomic mass is 10.1. The summed E-state index contributed by atoms with van der Waals surface area (Å²) in [6, 6.07) is 5.02. The van der Waals surface area contributed by atoms with Crippen LogP contribution in [0.15, 0.2) is 18.2 Å². The van der Waals surface area contributed by atoms with Crippen molar-refractivity contribution in [2.75, 3.05) is 19.6 Å². The fourth-order valence-corrected chi connectivity index (χ4v) is 2.62. The van der Waals surface area contributed by atoms with Gasteiger partial charge in [0.25, 0.3) is 0 Å². The SMILES string of the molecule is Cc1ccc(CNC(=O)CN2CC(C)OC(C)C2)cc1F. The molecule has 1 aromatic rings. The van der Waals surface area contributed by atoms with Crippen LogP contribution in [0.3, 0.4) is 0 Å². The Morgan fingerprint density at radius 2 is 2.05 bits per heavy atom. The molecule has 1 amide bonds. The lowest BCUT2D eigenvalue weighted by Crippen LogP contribution is -2.49. The van der Waals surface area contributed by atoms with Crippen molar-refractivity contribution in [3.63, 3.8) is 0 Å². The molecule has 1 saturated heterocycles. The van der Waals surface area contributed by atoms with Crippen LogP contribution < -0.4 is 5.32 Å². The molecule has 2 rings (SSSR count). The standard InChI is InChI=1S/C16H23FN2O2/c1-11-4-5-14(6-15(11)17)7-18-16(20)10-19-8-12(2)21-13(3)9-19/h4-6,12-13H,7-10H2,1-3H3,(H,18,20). The molecule has 0 aromatic heterocycles. The number of morpholine rings is 1. The van der Waals surface area contributed by atoms with E-state index >= 15 is 0 Å². The van der Waals surface area contributed by atoms with Crippen LogP contribution >= 0.6 is 0 Å². The fourth-order valence-electron chi connectivity index (χ4n) is 2.62. The van der Waals surface area contributed by atoms with Crippen molar-refractivity contribution in [2.45, 2.75) is 39.5 Å². The molecular formula is C16H23FN2O2. The molecule has 1 N–H and O–H groups in total. The number of hydrogen-bond acceptors (Lipinski definition) is 3. The molecule has 0 aliphatic carbocycles. The molecule has 1 heterocycles. The number of nitrogens with zero attached hydrogens (tertiary/aromatic N) is 1. The van der Waals surface area contributed by atoms with E-state index in [1.165, 1.54) is 6.07 Å². The summed E-state index contributed by atoms with van der Waals surface area (Å²) < 4.78 is 19.1. The average molecular weight is 294 g/mol. The number of carbonyl (C=O) groups is 1. The van der Waals surface area contributed by atoms with Gasteiger partial charge in [-0.25, -0.2) is 4.39 Å². The van der Waals surface area contributed by atoms with Gasteiger partial charge in [-0.05, 0) is 38.0 Å². The highest BCUT2D eigenvalue weighted by Gasteiger charge is 2.23. The van der Waals surface area contributed by atoms with Gasteiger partial charge in [0.1, 0.15) is 5.82 Å². The van der Waals surface area contributed by atoms with Crippen molar-refractivity contribution in [2.24, 2.45) is 0 Å². The first-order valence-corrected chi connectivity index (χ1v) is 7.33. The lowest BCUT2D eigenvalue weighted by molar-refractivity contribution is -0.126. The van der Waals surface area contributed by atoms with Crippen molar-refractivity contribution in [3.8, 4) is 0 Å². The van der Waals surface area contributed by atoms with Crippen LogP contribution in [0.2, 0.25) is 0 Å². The van der Waals surface area contributed by atoms with Gasteiger partial charge in [-0.3, -0.25) is 9.69 Å². The minimum atomic E-state index is -0.238. The van der Waals surface area contributed by atoms with Crippen LogP contribution in [0, 0.1) is 12.7 Å². The number of hydrogen-bond donors (Lipinski definition) is 1. The number of aryl methyl sites for hydroxylation is 1. The van der Waals surface area contributed by atoms with E-state index in [1.807, 2.05) is 19.9 Å². The normalized spacial score (nSPS) is 23.0. The van der Waals surface area contributed by atoms with Crippen molar-refractivity contribution >= 4 is 5.91 Å². The van der Waals surface area contributed by atoms with Crippen LogP contribution in [-0.2, 0) is 16.1 Å². The van der Waals surface area contributed by atoms with Crippen LogP contribution in [-0.4, -0.2) is 42.6 Å². The van der Waals surface area contributed by atoms with Gasteiger partial charge in [-0.1, -0.05) is 12.1 Å². The Labute approximate surface area is 125 Å². The van der Waals surface area contributed by atoms with Gasteiger partial charge >= 0.3 is 0 Å². The Hall–Kier alpha value is -1.46. The largest absolute Gasteiger partial charge is 0.373 e. The van der Waals surface area contributed by atoms with Gasteiger partial charge in [0.05, 0.1) is 18.8 Å². The summed E-state index contributed by atoms with van der Waals surface area (Å²) in [6.45, 7) is 7.97. The van der Waals surface area contributed by atoms with E-state index in [-0.39, 0.29) is 23.9 Å². The van der Waals surface area contributed by atoms with Gasteiger partial charge in [0.2, 0.25) is 5.91 Å². The number of amides is 1. The first kappa shape index (κ1) is 15.9. The zero-order valence-electron chi connectivity index (χ0n) is 12.9. The smallest absolute Gasteiger partial charge is 0.234 e. The first-order chi connectivity index (χ1) is 9.94. The monoisotopic (exact) mass is 294 g/mol. The minimum absolute atomic E-state index is 0.0442. The van der Waals surface area contributed by atoms with E-state index in [4.69, 9.17) is 4.74 Å². The van der Waals surface area contributed by atoms with Gasteiger partial charge < -0.3 is 10.1 Å². The van der Waals surface area contributed by atoms with Crippen molar-refractivity contribution < 1.29 is 13.9 Å². The zero-order valence-corrected chi connectivity index (χ0v) is 12.9. The molecule has 0 radical (unpaired) electrons. The van der Waals surface area contributed by atoms with Crippen molar-refractivity contribution in [1.29, 1.82) is 0 Å². The van der Waals surface area contributed by atoms with Crippen molar-refractivity contribution in [3.05, 3.63) is 35.1 Å². The second kappa shape index (κ2) is 7.00. The second-order valence-electron chi connectivity index (χ2n) is 5.81. The molecule has 4 nitrogen and oxygen atoms in total. The summed E-state index contributed by atoms with van der Waals surface area (Å²) in [6.07, 6.45) is 0.292. The third-order valence-electron chi connectivity index (χ3n) is 3.59. The van der Waals surface area contributed by atoms with E-state index in [2.05, 4.69) is 10.2 Å². The average Bonchev–Trinajstić information content (AvgIpc) is 2.39. The Morgan fingerprint density at radius 3 is 2.67 bits per heavy atom.